The minimum Gasteiger partial charge on any atom is -0.505 e. The van der Waals surface area contributed by atoms with Crippen molar-refractivity contribution in [1.82, 2.24) is 4.98 Å². The summed E-state index contributed by atoms with van der Waals surface area (Å²) in [6.07, 6.45) is 1.36. The van der Waals surface area contributed by atoms with Gasteiger partial charge in [0.25, 0.3) is 0 Å². The highest BCUT2D eigenvalue weighted by molar-refractivity contribution is 6.03. The number of nitrogens with zero attached hydrogens (tertiary/aromatic N) is 1. The monoisotopic (exact) mass is 226 g/mol. The Labute approximate surface area is 97.3 Å². The molecular formula is C12H10N4O. The van der Waals surface area contributed by atoms with E-state index in [4.69, 9.17) is 16.4 Å². The van der Waals surface area contributed by atoms with E-state index in [0.29, 0.717) is 11.1 Å². The van der Waals surface area contributed by atoms with Crippen LogP contribution in [0.25, 0.3) is 17.0 Å². The molecule has 0 saturated heterocycles. The standard InChI is InChI=1S/C12H10N4O/c13-6-7(12(14)15)5-10-11(17)8-3-1-2-4-9(8)16-10/h1-5,16-17H,(H3,14,15)/b7-5-. The van der Waals surface area contributed by atoms with Crippen molar-refractivity contribution in [2.75, 3.05) is 0 Å². The van der Waals surface area contributed by atoms with Gasteiger partial charge in [0, 0.05) is 10.9 Å². The normalized spacial score (nSPS) is 11.4. The molecule has 1 aromatic carbocycles. The fourth-order valence-corrected chi connectivity index (χ4v) is 1.57. The first kappa shape index (κ1) is 10.8. The molecule has 1 aromatic heterocycles. The molecule has 84 valence electrons. The van der Waals surface area contributed by atoms with Gasteiger partial charge in [0.2, 0.25) is 0 Å². The van der Waals surface area contributed by atoms with Crippen LogP contribution >= 0.6 is 0 Å². The minimum absolute atomic E-state index is 0.00635. The van der Waals surface area contributed by atoms with Crippen molar-refractivity contribution in [3.05, 3.63) is 35.5 Å². The zero-order valence-electron chi connectivity index (χ0n) is 8.86. The van der Waals surface area contributed by atoms with Crippen molar-refractivity contribution in [3.63, 3.8) is 0 Å². The lowest BCUT2D eigenvalue weighted by Crippen LogP contribution is -2.11. The zero-order valence-corrected chi connectivity index (χ0v) is 8.86. The molecule has 0 bridgehead atoms. The Hall–Kier alpha value is -2.74. The Kier molecular flexibility index (Phi) is 2.55. The van der Waals surface area contributed by atoms with Gasteiger partial charge in [-0.3, -0.25) is 5.41 Å². The summed E-state index contributed by atoms with van der Waals surface area (Å²) in [6, 6.07) is 9.02. The third kappa shape index (κ3) is 1.84. The number of nitrogens with two attached hydrogens (primary N) is 1. The lowest BCUT2D eigenvalue weighted by atomic mass is 10.2. The molecule has 0 atom stereocenters. The summed E-state index contributed by atoms with van der Waals surface area (Å²) in [4.78, 5) is 2.95. The van der Waals surface area contributed by atoms with Crippen LogP contribution in [0.3, 0.4) is 0 Å². The SMILES string of the molecule is N#C/C(=C/c1[nH]c2ccccc2c1O)C(=N)N. The highest BCUT2D eigenvalue weighted by atomic mass is 16.3. The lowest BCUT2D eigenvalue weighted by Gasteiger charge is -1.94. The Morgan fingerprint density at radius 3 is 2.76 bits per heavy atom. The maximum atomic E-state index is 9.92. The average Bonchev–Trinajstić information content (AvgIpc) is 2.63. The molecule has 0 saturated carbocycles. The fourth-order valence-electron chi connectivity index (χ4n) is 1.57. The number of aromatic hydroxyl groups is 1. The Balaban J connectivity index is 2.61. The molecule has 5 heteroatoms. The second kappa shape index (κ2) is 4.02. The van der Waals surface area contributed by atoms with Gasteiger partial charge in [-0.1, -0.05) is 12.1 Å². The molecule has 2 rings (SSSR count). The highest BCUT2D eigenvalue weighted by Crippen LogP contribution is 2.29. The third-order valence-electron chi connectivity index (χ3n) is 2.41. The predicted molar refractivity (Wildman–Crippen MR) is 65.5 cm³/mol. The van der Waals surface area contributed by atoms with Gasteiger partial charge >= 0.3 is 0 Å². The van der Waals surface area contributed by atoms with Gasteiger partial charge in [-0.25, -0.2) is 0 Å². The molecule has 0 radical (unpaired) electrons. The highest BCUT2D eigenvalue weighted by Gasteiger charge is 2.09. The summed E-state index contributed by atoms with van der Waals surface area (Å²) < 4.78 is 0. The first-order valence-electron chi connectivity index (χ1n) is 4.89. The Morgan fingerprint density at radius 1 is 1.47 bits per heavy atom. The number of benzene rings is 1. The number of aromatic nitrogens is 1. The molecule has 0 fully saturated rings. The second-order valence-electron chi connectivity index (χ2n) is 3.52. The second-order valence-corrected chi connectivity index (χ2v) is 3.52. The van der Waals surface area contributed by atoms with E-state index in [-0.39, 0.29) is 17.2 Å². The zero-order chi connectivity index (χ0) is 12.4. The van der Waals surface area contributed by atoms with E-state index in [0.717, 1.165) is 5.52 Å². The Morgan fingerprint density at radius 2 is 2.18 bits per heavy atom. The fraction of sp³-hybridized carbons (Fsp3) is 0. The molecule has 0 amide bonds. The number of fused-ring (bicyclic) bond motifs is 1. The van der Waals surface area contributed by atoms with Gasteiger partial charge in [0.05, 0.1) is 11.3 Å². The number of H-pyrrole nitrogens is 1. The van der Waals surface area contributed by atoms with Crippen LogP contribution in [-0.2, 0) is 0 Å². The van der Waals surface area contributed by atoms with Crippen molar-refractivity contribution in [2.45, 2.75) is 0 Å². The summed E-state index contributed by atoms with van der Waals surface area (Å²) >= 11 is 0. The number of nitriles is 1. The minimum atomic E-state index is -0.328. The molecule has 2 aromatic rings. The van der Waals surface area contributed by atoms with Crippen LogP contribution in [-0.4, -0.2) is 15.9 Å². The van der Waals surface area contributed by atoms with Crippen molar-refractivity contribution in [3.8, 4) is 11.8 Å². The molecular weight excluding hydrogens is 216 g/mol. The van der Waals surface area contributed by atoms with Crippen molar-refractivity contribution in [2.24, 2.45) is 5.73 Å². The van der Waals surface area contributed by atoms with Crippen LogP contribution in [0, 0.1) is 16.7 Å². The van der Waals surface area contributed by atoms with E-state index in [2.05, 4.69) is 4.98 Å². The first-order valence-corrected chi connectivity index (χ1v) is 4.89. The maximum absolute atomic E-state index is 9.92. The van der Waals surface area contributed by atoms with E-state index in [1.165, 1.54) is 6.08 Å². The molecule has 0 aliphatic rings. The first-order chi connectivity index (χ1) is 8.13. The topological polar surface area (TPSA) is 110 Å². The summed E-state index contributed by atoms with van der Waals surface area (Å²) in [5.41, 5.74) is 6.38. The summed E-state index contributed by atoms with van der Waals surface area (Å²) in [5, 5.41) is 26.6. The maximum Gasteiger partial charge on any atom is 0.148 e. The van der Waals surface area contributed by atoms with Crippen LogP contribution in [0.15, 0.2) is 29.8 Å². The van der Waals surface area contributed by atoms with Crippen LogP contribution in [0.1, 0.15) is 5.69 Å². The van der Waals surface area contributed by atoms with Crippen LogP contribution in [0.5, 0.6) is 5.75 Å². The van der Waals surface area contributed by atoms with E-state index >= 15 is 0 Å². The van der Waals surface area contributed by atoms with E-state index in [1.54, 1.807) is 18.2 Å². The molecule has 5 N–H and O–H groups in total. The van der Waals surface area contributed by atoms with E-state index < -0.39 is 0 Å². The molecule has 0 spiro atoms. The quantitative estimate of drug-likeness (QED) is 0.355. The average molecular weight is 226 g/mol. The van der Waals surface area contributed by atoms with Gasteiger partial charge in [-0.2, -0.15) is 5.26 Å². The van der Waals surface area contributed by atoms with Gasteiger partial charge < -0.3 is 15.8 Å². The van der Waals surface area contributed by atoms with Crippen molar-refractivity contribution < 1.29 is 5.11 Å². The van der Waals surface area contributed by atoms with E-state index in [9.17, 15) is 5.11 Å². The van der Waals surface area contributed by atoms with Gasteiger partial charge in [0.1, 0.15) is 17.7 Å². The predicted octanol–water partition coefficient (Wildman–Crippen LogP) is 1.72. The number of hydrogen-bond donors (Lipinski definition) is 4. The number of amidine groups is 1. The number of aromatic amines is 1. The number of para-hydroxylation sites is 1. The molecule has 0 unspecified atom stereocenters. The Bertz CT molecular complexity index is 661. The summed E-state index contributed by atoms with van der Waals surface area (Å²) in [6.45, 7) is 0. The number of rotatable bonds is 2. The van der Waals surface area contributed by atoms with Crippen molar-refractivity contribution in [1.29, 1.82) is 10.7 Å². The van der Waals surface area contributed by atoms with Gasteiger partial charge in [0.15, 0.2) is 0 Å². The third-order valence-corrected chi connectivity index (χ3v) is 2.41. The largest absolute Gasteiger partial charge is 0.505 e. The van der Waals surface area contributed by atoms with Crippen LogP contribution in [0.4, 0.5) is 0 Å². The molecule has 1 heterocycles. The van der Waals surface area contributed by atoms with Crippen LogP contribution in [0.2, 0.25) is 0 Å². The summed E-state index contributed by atoms with van der Waals surface area (Å²) in [5.74, 6) is -0.278. The molecule has 0 aliphatic heterocycles. The van der Waals surface area contributed by atoms with Crippen LogP contribution < -0.4 is 5.73 Å². The number of hydrogen-bond acceptors (Lipinski definition) is 3. The van der Waals surface area contributed by atoms with Gasteiger partial charge in [-0.15, -0.1) is 0 Å². The van der Waals surface area contributed by atoms with Gasteiger partial charge in [-0.05, 0) is 18.2 Å². The summed E-state index contributed by atoms with van der Waals surface area (Å²) in [7, 11) is 0. The molecule has 5 nitrogen and oxygen atoms in total. The lowest BCUT2D eigenvalue weighted by molar-refractivity contribution is 0.480. The smallest absolute Gasteiger partial charge is 0.148 e. The van der Waals surface area contributed by atoms with Crippen molar-refractivity contribution >= 4 is 22.8 Å². The number of nitrogens with one attached hydrogen (secondary N) is 2. The molecule has 17 heavy (non-hydrogen) atoms. The molecule has 0 aliphatic carbocycles. The van der Waals surface area contributed by atoms with E-state index in [1.807, 2.05) is 12.1 Å².